The first kappa shape index (κ1) is 16.1. The fourth-order valence-electron chi connectivity index (χ4n) is 1.97. The molecule has 0 bridgehead atoms. The van der Waals surface area contributed by atoms with Gasteiger partial charge in [-0.15, -0.1) is 0 Å². The normalized spacial score (nSPS) is 11.9. The van der Waals surface area contributed by atoms with E-state index < -0.39 is 11.7 Å². The summed E-state index contributed by atoms with van der Waals surface area (Å²) in [5.74, 6) is 0.845. The first-order chi connectivity index (χ1) is 9.91. The van der Waals surface area contributed by atoms with Crippen LogP contribution in [0.3, 0.4) is 0 Å². The number of rotatable bonds is 5. The maximum Gasteiger partial charge on any atom is 0.417 e. The summed E-state index contributed by atoms with van der Waals surface area (Å²) < 4.78 is 45.2. The van der Waals surface area contributed by atoms with E-state index in [-0.39, 0.29) is 11.3 Å². The number of nitrogens with one attached hydrogen (secondary N) is 1. The van der Waals surface area contributed by atoms with Crippen LogP contribution < -0.4 is 5.32 Å². The van der Waals surface area contributed by atoms with Crippen molar-refractivity contribution in [2.75, 3.05) is 6.54 Å². The molecule has 0 unspecified atom stereocenters. The molecule has 114 valence electrons. The molecule has 0 fully saturated rings. The minimum atomic E-state index is -4.42. The SMILES string of the molecule is CCCNCc1ccc(-c2ccc(Br)cc2C(F)(F)F)o1. The Morgan fingerprint density at radius 2 is 1.95 bits per heavy atom. The fourth-order valence-corrected chi connectivity index (χ4v) is 2.33. The minimum Gasteiger partial charge on any atom is -0.460 e. The average Bonchev–Trinajstić information content (AvgIpc) is 2.87. The molecule has 0 atom stereocenters. The van der Waals surface area contributed by atoms with Gasteiger partial charge in [-0.05, 0) is 43.3 Å². The van der Waals surface area contributed by atoms with Gasteiger partial charge in [-0.3, -0.25) is 0 Å². The molecule has 1 aromatic heterocycles. The molecule has 0 amide bonds. The molecule has 0 spiro atoms. The molecule has 1 N–H and O–H groups in total. The Bertz CT molecular complexity index is 607. The third-order valence-electron chi connectivity index (χ3n) is 2.94. The molecule has 0 radical (unpaired) electrons. The Morgan fingerprint density at radius 3 is 2.62 bits per heavy atom. The van der Waals surface area contributed by atoms with E-state index in [9.17, 15) is 13.2 Å². The second-order valence-corrected chi connectivity index (χ2v) is 5.55. The molecule has 0 aliphatic rings. The van der Waals surface area contributed by atoms with Crippen LogP contribution in [0, 0.1) is 0 Å². The number of alkyl halides is 3. The third-order valence-corrected chi connectivity index (χ3v) is 3.43. The molecule has 0 aliphatic carbocycles. The molecular weight excluding hydrogens is 347 g/mol. The summed E-state index contributed by atoms with van der Waals surface area (Å²) in [6.07, 6.45) is -3.44. The first-order valence-electron chi connectivity index (χ1n) is 6.58. The van der Waals surface area contributed by atoms with Crippen LogP contribution in [0.15, 0.2) is 39.2 Å². The predicted octanol–water partition coefficient (Wildman–Crippen LogP) is 5.23. The van der Waals surface area contributed by atoms with E-state index in [1.54, 1.807) is 18.2 Å². The van der Waals surface area contributed by atoms with Gasteiger partial charge in [0, 0.05) is 10.0 Å². The van der Waals surface area contributed by atoms with E-state index in [4.69, 9.17) is 4.42 Å². The van der Waals surface area contributed by atoms with Crippen molar-refractivity contribution in [3.63, 3.8) is 0 Å². The second kappa shape index (κ2) is 6.66. The summed E-state index contributed by atoms with van der Waals surface area (Å²) in [4.78, 5) is 0. The highest BCUT2D eigenvalue weighted by Crippen LogP contribution is 2.39. The summed E-state index contributed by atoms with van der Waals surface area (Å²) >= 11 is 3.07. The average molecular weight is 362 g/mol. The molecule has 21 heavy (non-hydrogen) atoms. The molecule has 1 heterocycles. The van der Waals surface area contributed by atoms with Crippen molar-refractivity contribution in [1.29, 1.82) is 0 Å². The van der Waals surface area contributed by atoms with E-state index in [0.29, 0.717) is 16.8 Å². The largest absolute Gasteiger partial charge is 0.460 e. The van der Waals surface area contributed by atoms with Crippen molar-refractivity contribution in [3.05, 3.63) is 46.1 Å². The van der Waals surface area contributed by atoms with Crippen molar-refractivity contribution < 1.29 is 17.6 Å². The maximum atomic E-state index is 13.1. The lowest BCUT2D eigenvalue weighted by Crippen LogP contribution is -2.13. The van der Waals surface area contributed by atoms with Crippen molar-refractivity contribution >= 4 is 15.9 Å². The number of hydrogen-bond acceptors (Lipinski definition) is 2. The molecule has 2 rings (SSSR count). The van der Waals surface area contributed by atoms with Crippen molar-refractivity contribution in [1.82, 2.24) is 5.32 Å². The van der Waals surface area contributed by atoms with E-state index in [1.165, 1.54) is 6.07 Å². The summed E-state index contributed by atoms with van der Waals surface area (Å²) in [7, 11) is 0. The van der Waals surface area contributed by atoms with Crippen molar-refractivity contribution in [2.24, 2.45) is 0 Å². The Labute approximate surface area is 129 Å². The van der Waals surface area contributed by atoms with Gasteiger partial charge in [0.2, 0.25) is 0 Å². The van der Waals surface area contributed by atoms with Gasteiger partial charge in [0.15, 0.2) is 0 Å². The van der Waals surface area contributed by atoms with Gasteiger partial charge in [-0.1, -0.05) is 22.9 Å². The van der Waals surface area contributed by atoms with Crippen LogP contribution in [0.25, 0.3) is 11.3 Å². The number of benzene rings is 1. The molecule has 2 aromatic rings. The Hall–Kier alpha value is -1.27. The van der Waals surface area contributed by atoms with E-state index >= 15 is 0 Å². The van der Waals surface area contributed by atoms with E-state index in [0.717, 1.165) is 19.0 Å². The van der Waals surface area contributed by atoms with Gasteiger partial charge < -0.3 is 9.73 Å². The third kappa shape index (κ3) is 4.11. The smallest absolute Gasteiger partial charge is 0.417 e. The van der Waals surface area contributed by atoms with Crippen LogP contribution in [-0.2, 0) is 12.7 Å². The second-order valence-electron chi connectivity index (χ2n) is 4.63. The topological polar surface area (TPSA) is 25.2 Å². The zero-order valence-electron chi connectivity index (χ0n) is 11.4. The summed E-state index contributed by atoms with van der Waals surface area (Å²) in [5.41, 5.74) is -0.660. The van der Waals surface area contributed by atoms with Gasteiger partial charge in [-0.25, -0.2) is 0 Å². The van der Waals surface area contributed by atoms with Crippen LogP contribution in [-0.4, -0.2) is 6.54 Å². The lowest BCUT2D eigenvalue weighted by molar-refractivity contribution is -0.137. The zero-order chi connectivity index (χ0) is 15.5. The van der Waals surface area contributed by atoms with Gasteiger partial charge in [-0.2, -0.15) is 13.2 Å². The van der Waals surface area contributed by atoms with E-state index in [2.05, 4.69) is 21.2 Å². The summed E-state index contributed by atoms with van der Waals surface area (Å²) in [5, 5.41) is 3.15. The maximum absolute atomic E-state index is 13.1. The van der Waals surface area contributed by atoms with Crippen LogP contribution >= 0.6 is 15.9 Å². The standard InChI is InChI=1S/C15H15BrF3NO/c1-2-7-20-9-11-4-6-14(21-11)12-5-3-10(16)8-13(12)15(17,18)19/h3-6,8,20H,2,7,9H2,1H3. The fraction of sp³-hybridized carbons (Fsp3) is 0.333. The lowest BCUT2D eigenvalue weighted by atomic mass is 10.1. The van der Waals surface area contributed by atoms with E-state index in [1.807, 2.05) is 6.92 Å². The Balaban J connectivity index is 2.30. The van der Waals surface area contributed by atoms with Gasteiger partial charge in [0.1, 0.15) is 11.5 Å². The van der Waals surface area contributed by atoms with Crippen LogP contribution in [0.5, 0.6) is 0 Å². The minimum absolute atomic E-state index is 0.0486. The zero-order valence-corrected chi connectivity index (χ0v) is 13.0. The highest BCUT2D eigenvalue weighted by Gasteiger charge is 2.34. The predicted molar refractivity (Wildman–Crippen MR) is 78.8 cm³/mol. The van der Waals surface area contributed by atoms with Crippen LogP contribution in [0.2, 0.25) is 0 Å². The molecule has 0 aliphatic heterocycles. The summed E-state index contributed by atoms with van der Waals surface area (Å²) in [6, 6.07) is 7.31. The Morgan fingerprint density at radius 1 is 1.19 bits per heavy atom. The highest BCUT2D eigenvalue weighted by atomic mass is 79.9. The molecule has 0 saturated carbocycles. The quantitative estimate of drug-likeness (QED) is 0.737. The van der Waals surface area contributed by atoms with Crippen molar-refractivity contribution in [2.45, 2.75) is 26.1 Å². The van der Waals surface area contributed by atoms with Crippen molar-refractivity contribution in [3.8, 4) is 11.3 Å². The molecule has 0 saturated heterocycles. The van der Waals surface area contributed by atoms with Gasteiger partial charge in [0.05, 0.1) is 12.1 Å². The monoisotopic (exact) mass is 361 g/mol. The van der Waals surface area contributed by atoms with Crippen LogP contribution in [0.1, 0.15) is 24.7 Å². The number of halogens is 4. The van der Waals surface area contributed by atoms with Gasteiger partial charge >= 0.3 is 6.18 Å². The Kier molecular flexibility index (Phi) is 5.11. The molecule has 1 aromatic carbocycles. The first-order valence-corrected chi connectivity index (χ1v) is 7.37. The molecule has 2 nitrogen and oxygen atoms in total. The summed E-state index contributed by atoms with van der Waals surface area (Å²) in [6.45, 7) is 3.38. The highest BCUT2D eigenvalue weighted by molar-refractivity contribution is 9.10. The van der Waals surface area contributed by atoms with Crippen LogP contribution in [0.4, 0.5) is 13.2 Å². The molecule has 6 heteroatoms. The van der Waals surface area contributed by atoms with Gasteiger partial charge in [0.25, 0.3) is 0 Å². The number of furan rings is 1. The molecular formula is C15H15BrF3NO. The number of hydrogen-bond donors (Lipinski definition) is 1. The lowest BCUT2D eigenvalue weighted by Gasteiger charge is -2.11.